The van der Waals surface area contributed by atoms with Gasteiger partial charge in [-0.3, -0.25) is 19.3 Å². The van der Waals surface area contributed by atoms with E-state index >= 15 is 0 Å². The van der Waals surface area contributed by atoms with Crippen LogP contribution < -0.4 is 5.32 Å². The van der Waals surface area contributed by atoms with Gasteiger partial charge in [-0.05, 0) is 37.5 Å². The topological polar surface area (TPSA) is 66.5 Å². The van der Waals surface area contributed by atoms with E-state index in [0.717, 1.165) is 12.1 Å². The normalized spacial score (nSPS) is 22.1. The Bertz CT molecular complexity index is 763. The van der Waals surface area contributed by atoms with Gasteiger partial charge in [0.1, 0.15) is 0 Å². The smallest absolute Gasteiger partial charge is 0.326 e. The lowest BCUT2D eigenvalue weighted by molar-refractivity contribution is -0.140. The average molecular weight is 380 g/mol. The molecule has 8 heteroatoms. The molecule has 1 N–H and O–H groups in total. The molecule has 0 radical (unpaired) electrons. The zero-order valence-electron chi connectivity index (χ0n) is 14.5. The van der Waals surface area contributed by atoms with Gasteiger partial charge in [-0.15, -0.1) is 0 Å². The fourth-order valence-electron chi connectivity index (χ4n) is 3.48. The Kier molecular flexibility index (Phi) is 5.34. The van der Waals surface area contributed by atoms with Crippen LogP contribution in [0.3, 0.4) is 0 Å². The third kappa shape index (κ3) is 4.20. The first-order valence-corrected chi connectivity index (χ1v) is 8.74. The number of likely N-dealkylation sites (tertiary alicyclic amines) is 1. The number of imide groups is 1. The van der Waals surface area contributed by atoms with Crippen LogP contribution in [0, 0.1) is 11.8 Å². The van der Waals surface area contributed by atoms with Crippen LogP contribution >= 0.6 is 0 Å². The number of halogens is 3. The number of allylic oxidation sites excluding steroid dienone is 2. The zero-order valence-corrected chi connectivity index (χ0v) is 14.5. The van der Waals surface area contributed by atoms with Gasteiger partial charge >= 0.3 is 6.18 Å². The summed E-state index contributed by atoms with van der Waals surface area (Å²) in [5, 5.41) is 2.41. The molecule has 1 fully saturated rings. The van der Waals surface area contributed by atoms with Crippen molar-refractivity contribution in [3.05, 3.63) is 42.0 Å². The van der Waals surface area contributed by atoms with Crippen molar-refractivity contribution in [1.82, 2.24) is 4.90 Å². The number of benzene rings is 1. The maximum absolute atomic E-state index is 12.7. The number of hydrogen-bond acceptors (Lipinski definition) is 3. The first-order valence-electron chi connectivity index (χ1n) is 8.74. The predicted molar refractivity (Wildman–Crippen MR) is 91.4 cm³/mol. The molecule has 5 nitrogen and oxygen atoms in total. The number of amides is 3. The number of nitrogens with one attached hydrogen (secondary N) is 1. The predicted octanol–water partition coefficient (Wildman–Crippen LogP) is 3.38. The molecule has 1 heterocycles. The second kappa shape index (κ2) is 7.54. The largest absolute Gasteiger partial charge is 0.416 e. The molecule has 1 aromatic rings. The highest BCUT2D eigenvalue weighted by molar-refractivity contribution is 6.05. The Morgan fingerprint density at radius 1 is 1.11 bits per heavy atom. The van der Waals surface area contributed by atoms with Crippen LogP contribution in [0.25, 0.3) is 0 Å². The fourth-order valence-corrected chi connectivity index (χ4v) is 3.48. The fraction of sp³-hybridized carbons (Fsp3) is 0.421. The van der Waals surface area contributed by atoms with E-state index in [1.165, 1.54) is 17.0 Å². The summed E-state index contributed by atoms with van der Waals surface area (Å²) in [4.78, 5) is 37.8. The molecule has 3 amide bonds. The molecule has 0 unspecified atom stereocenters. The second-order valence-electron chi connectivity index (χ2n) is 6.71. The van der Waals surface area contributed by atoms with E-state index in [1.807, 2.05) is 12.2 Å². The first-order chi connectivity index (χ1) is 12.8. The summed E-state index contributed by atoms with van der Waals surface area (Å²) < 4.78 is 38.1. The quantitative estimate of drug-likeness (QED) is 0.629. The van der Waals surface area contributed by atoms with Crippen molar-refractivity contribution in [1.29, 1.82) is 0 Å². The molecule has 0 aromatic heterocycles. The summed E-state index contributed by atoms with van der Waals surface area (Å²) in [5.74, 6) is -1.48. The third-order valence-corrected chi connectivity index (χ3v) is 4.86. The van der Waals surface area contributed by atoms with Crippen molar-refractivity contribution >= 4 is 23.4 Å². The summed E-state index contributed by atoms with van der Waals surface area (Å²) in [5.41, 5.74) is -0.787. The highest BCUT2D eigenvalue weighted by atomic mass is 19.4. The summed E-state index contributed by atoms with van der Waals surface area (Å²) in [7, 11) is 0. The van der Waals surface area contributed by atoms with Gasteiger partial charge in [0.15, 0.2) is 0 Å². The molecular formula is C19H19F3N2O3. The van der Waals surface area contributed by atoms with Crippen LogP contribution in [0.2, 0.25) is 0 Å². The van der Waals surface area contributed by atoms with Crippen LogP contribution in [0.5, 0.6) is 0 Å². The molecule has 2 atom stereocenters. The molecule has 3 rings (SSSR count). The number of fused-ring (bicyclic) bond motifs is 1. The number of hydrogen-bond donors (Lipinski definition) is 1. The Hall–Kier alpha value is -2.64. The lowest BCUT2D eigenvalue weighted by atomic mass is 9.85. The molecule has 1 saturated heterocycles. The number of rotatable bonds is 5. The molecule has 1 aliphatic heterocycles. The molecule has 2 aliphatic rings. The minimum absolute atomic E-state index is 0.000882. The lowest BCUT2D eigenvalue weighted by Crippen LogP contribution is -2.32. The second-order valence-corrected chi connectivity index (χ2v) is 6.71. The van der Waals surface area contributed by atoms with Gasteiger partial charge in [-0.1, -0.05) is 18.2 Å². The number of anilines is 1. The number of carbonyl (C=O) groups excluding carboxylic acids is 3. The molecule has 0 bridgehead atoms. The van der Waals surface area contributed by atoms with E-state index in [4.69, 9.17) is 0 Å². The van der Waals surface area contributed by atoms with E-state index in [9.17, 15) is 27.6 Å². The average Bonchev–Trinajstić information content (AvgIpc) is 2.86. The van der Waals surface area contributed by atoms with Crippen molar-refractivity contribution < 1.29 is 27.6 Å². The van der Waals surface area contributed by atoms with Gasteiger partial charge in [0.25, 0.3) is 0 Å². The van der Waals surface area contributed by atoms with E-state index < -0.39 is 17.6 Å². The van der Waals surface area contributed by atoms with Crippen molar-refractivity contribution in [2.24, 2.45) is 11.8 Å². The van der Waals surface area contributed by atoms with Crippen LogP contribution in [-0.2, 0) is 20.6 Å². The monoisotopic (exact) mass is 380 g/mol. The minimum atomic E-state index is -4.48. The zero-order chi connectivity index (χ0) is 19.6. The summed E-state index contributed by atoms with van der Waals surface area (Å²) in [6, 6.07) is 4.38. The van der Waals surface area contributed by atoms with Crippen molar-refractivity contribution in [2.45, 2.75) is 31.9 Å². The van der Waals surface area contributed by atoms with Gasteiger partial charge in [0, 0.05) is 18.7 Å². The van der Waals surface area contributed by atoms with E-state index in [0.29, 0.717) is 12.8 Å². The molecule has 0 saturated carbocycles. The van der Waals surface area contributed by atoms with E-state index in [1.54, 1.807) is 0 Å². The SMILES string of the molecule is O=C(CCCN1C(=O)[C@@H]2CC=CC[C@H]2C1=O)Nc1cccc(C(F)(F)F)c1. The number of carbonyl (C=O) groups is 3. The van der Waals surface area contributed by atoms with E-state index in [2.05, 4.69) is 5.32 Å². The first kappa shape index (κ1) is 19.1. The van der Waals surface area contributed by atoms with Crippen LogP contribution in [0.15, 0.2) is 36.4 Å². The molecule has 27 heavy (non-hydrogen) atoms. The standard InChI is InChI=1S/C19H19F3N2O3/c20-19(21,22)12-5-3-6-13(11-12)23-16(25)9-4-10-24-17(26)14-7-1-2-8-15(14)18(24)27/h1-3,5-6,11,14-15H,4,7-10H2,(H,23,25)/t14-,15-/m1/s1. The molecule has 1 aliphatic carbocycles. The molecular weight excluding hydrogens is 361 g/mol. The van der Waals surface area contributed by atoms with Gasteiger partial charge in [0.2, 0.25) is 17.7 Å². The maximum Gasteiger partial charge on any atom is 0.416 e. The van der Waals surface area contributed by atoms with Gasteiger partial charge in [-0.25, -0.2) is 0 Å². The van der Waals surface area contributed by atoms with Gasteiger partial charge < -0.3 is 5.32 Å². The van der Waals surface area contributed by atoms with Gasteiger partial charge in [-0.2, -0.15) is 13.2 Å². The minimum Gasteiger partial charge on any atom is -0.326 e. The summed E-state index contributed by atoms with van der Waals surface area (Å²) in [6.07, 6.45) is 0.694. The Morgan fingerprint density at radius 3 is 2.33 bits per heavy atom. The number of alkyl halides is 3. The third-order valence-electron chi connectivity index (χ3n) is 4.86. The van der Waals surface area contributed by atoms with E-state index in [-0.39, 0.29) is 48.7 Å². The van der Waals surface area contributed by atoms with Crippen LogP contribution in [0.1, 0.15) is 31.2 Å². The Labute approximate surface area is 154 Å². The maximum atomic E-state index is 12.7. The van der Waals surface area contributed by atoms with Gasteiger partial charge in [0.05, 0.1) is 17.4 Å². The van der Waals surface area contributed by atoms with Crippen molar-refractivity contribution in [3.63, 3.8) is 0 Å². The summed E-state index contributed by atoms with van der Waals surface area (Å²) >= 11 is 0. The molecule has 1 aromatic carbocycles. The van der Waals surface area contributed by atoms with Crippen LogP contribution in [-0.4, -0.2) is 29.2 Å². The highest BCUT2D eigenvalue weighted by Gasteiger charge is 2.46. The Morgan fingerprint density at radius 2 is 1.74 bits per heavy atom. The highest BCUT2D eigenvalue weighted by Crippen LogP contribution is 2.35. The molecule has 144 valence electrons. The van der Waals surface area contributed by atoms with Crippen molar-refractivity contribution in [2.75, 3.05) is 11.9 Å². The Balaban J connectivity index is 1.50. The lowest BCUT2D eigenvalue weighted by Gasteiger charge is -2.14. The number of nitrogens with zero attached hydrogens (tertiary/aromatic N) is 1. The summed E-state index contributed by atoms with van der Waals surface area (Å²) in [6.45, 7) is 0.140. The molecule has 0 spiro atoms. The van der Waals surface area contributed by atoms with Crippen molar-refractivity contribution in [3.8, 4) is 0 Å². The van der Waals surface area contributed by atoms with Crippen LogP contribution in [0.4, 0.5) is 18.9 Å².